The molecule has 0 aliphatic carbocycles. The van der Waals surface area contributed by atoms with E-state index < -0.39 is 5.97 Å². The molecular formula is C21H18N6O2. The topological polar surface area (TPSA) is 137 Å². The summed E-state index contributed by atoms with van der Waals surface area (Å²) >= 11 is 0. The van der Waals surface area contributed by atoms with E-state index in [4.69, 9.17) is 20.9 Å². The van der Waals surface area contributed by atoms with Crippen LogP contribution < -0.4 is 11.1 Å². The molecule has 0 unspecified atom stereocenters. The normalized spacial score (nSPS) is 11.4. The van der Waals surface area contributed by atoms with E-state index in [1.165, 1.54) is 0 Å². The predicted octanol–water partition coefficient (Wildman–Crippen LogP) is 3.12. The van der Waals surface area contributed by atoms with Gasteiger partial charge in [0.2, 0.25) is 5.95 Å². The Balaban J connectivity index is 0.000000552. The number of nitrogens with zero attached hydrogens (tertiary/aromatic N) is 4. The summed E-state index contributed by atoms with van der Waals surface area (Å²) in [5, 5.41) is 19.8. The van der Waals surface area contributed by atoms with Crippen LogP contribution in [0.3, 0.4) is 0 Å². The molecule has 0 saturated carbocycles. The smallest absolute Gasteiger partial charge is 0.300 e. The molecule has 8 heteroatoms. The van der Waals surface area contributed by atoms with Gasteiger partial charge < -0.3 is 16.2 Å². The molecule has 0 radical (unpaired) electrons. The van der Waals surface area contributed by atoms with Gasteiger partial charge in [0.1, 0.15) is 5.82 Å². The number of hydrogen-bond donors (Lipinski definition) is 3. The standard InChI is InChI=1S/C19H14N6.C2H4O2/c20-10-12-2-1-3-13(8-12)18-16-9-15(5-4-14(16)11-23-18)24-17-6-7-22-19(21)25-17;1-2(3)4/h1-9H,11H2,(H3,21,22,24,25);1H3,(H,3,4). The Hall–Kier alpha value is -4.25. The molecule has 29 heavy (non-hydrogen) atoms. The molecule has 0 atom stereocenters. The third kappa shape index (κ3) is 4.93. The van der Waals surface area contributed by atoms with Crippen molar-refractivity contribution in [2.75, 3.05) is 11.1 Å². The number of aliphatic imine (C=N–C) groups is 1. The van der Waals surface area contributed by atoms with E-state index in [-0.39, 0.29) is 5.95 Å². The van der Waals surface area contributed by atoms with E-state index in [1.807, 2.05) is 36.4 Å². The number of carboxylic acid groups (broad SMARTS) is 1. The summed E-state index contributed by atoms with van der Waals surface area (Å²) in [6, 6.07) is 17.5. The summed E-state index contributed by atoms with van der Waals surface area (Å²) in [6.07, 6.45) is 1.61. The number of fused-ring (bicyclic) bond motifs is 1. The average molecular weight is 386 g/mol. The molecule has 0 amide bonds. The van der Waals surface area contributed by atoms with Crippen LogP contribution in [0.1, 0.15) is 29.2 Å². The Kier molecular flexibility index (Phi) is 5.80. The second-order valence-electron chi connectivity index (χ2n) is 6.17. The lowest BCUT2D eigenvalue weighted by molar-refractivity contribution is -0.134. The maximum absolute atomic E-state index is 9.11. The Morgan fingerprint density at radius 1 is 1.24 bits per heavy atom. The summed E-state index contributed by atoms with van der Waals surface area (Å²) in [7, 11) is 0. The molecule has 3 aromatic rings. The molecule has 0 fully saturated rings. The number of carbonyl (C=O) groups is 1. The van der Waals surface area contributed by atoms with Crippen LogP contribution in [0.15, 0.2) is 59.7 Å². The first-order valence-corrected chi connectivity index (χ1v) is 8.69. The number of nitrogen functional groups attached to an aromatic ring is 1. The number of nitrogens with one attached hydrogen (secondary N) is 1. The van der Waals surface area contributed by atoms with Crippen LogP contribution in [0, 0.1) is 11.3 Å². The Morgan fingerprint density at radius 3 is 2.76 bits per heavy atom. The molecule has 0 spiro atoms. The second-order valence-corrected chi connectivity index (χ2v) is 6.17. The van der Waals surface area contributed by atoms with E-state index in [9.17, 15) is 0 Å². The Morgan fingerprint density at radius 2 is 2.03 bits per heavy atom. The molecule has 2 heterocycles. The molecular weight excluding hydrogens is 368 g/mol. The number of nitriles is 1. The third-order valence-electron chi connectivity index (χ3n) is 3.98. The molecule has 1 aliphatic rings. The summed E-state index contributed by atoms with van der Waals surface area (Å²) in [4.78, 5) is 21.7. The molecule has 144 valence electrons. The number of benzene rings is 2. The van der Waals surface area contributed by atoms with Crippen molar-refractivity contribution >= 4 is 29.1 Å². The summed E-state index contributed by atoms with van der Waals surface area (Å²) < 4.78 is 0. The minimum atomic E-state index is -0.833. The van der Waals surface area contributed by atoms with Crippen LogP contribution in [-0.2, 0) is 11.3 Å². The molecule has 1 aromatic heterocycles. The van der Waals surface area contributed by atoms with Crippen molar-refractivity contribution in [1.82, 2.24) is 9.97 Å². The van der Waals surface area contributed by atoms with Crippen LogP contribution in [0.25, 0.3) is 0 Å². The minimum Gasteiger partial charge on any atom is -0.481 e. The van der Waals surface area contributed by atoms with Crippen molar-refractivity contribution in [1.29, 1.82) is 5.26 Å². The number of nitrogens with two attached hydrogens (primary N) is 1. The van der Waals surface area contributed by atoms with Gasteiger partial charge in [-0.2, -0.15) is 10.2 Å². The fourth-order valence-corrected chi connectivity index (χ4v) is 2.84. The highest BCUT2D eigenvalue weighted by atomic mass is 16.4. The van der Waals surface area contributed by atoms with Gasteiger partial charge in [-0.15, -0.1) is 0 Å². The quantitative estimate of drug-likeness (QED) is 0.629. The lowest BCUT2D eigenvalue weighted by Gasteiger charge is -2.09. The van der Waals surface area contributed by atoms with Crippen molar-refractivity contribution in [3.63, 3.8) is 0 Å². The van der Waals surface area contributed by atoms with Crippen molar-refractivity contribution < 1.29 is 9.90 Å². The second kappa shape index (κ2) is 8.63. The fourth-order valence-electron chi connectivity index (χ4n) is 2.84. The van der Waals surface area contributed by atoms with Crippen LogP contribution >= 0.6 is 0 Å². The van der Waals surface area contributed by atoms with Crippen molar-refractivity contribution in [3.8, 4) is 6.07 Å². The molecule has 0 bridgehead atoms. The molecule has 4 N–H and O–H groups in total. The molecule has 0 saturated heterocycles. The van der Waals surface area contributed by atoms with E-state index >= 15 is 0 Å². The SMILES string of the molecule is CC(=O)O.N#Cc1cccc(C2=NCc3ccc(Nc4ccnc(N)n4)cc32)c1. The highest BCUT2D eigenvalue weighted by Gasteiger charge is 2.18. The van der Waals surface area contributed by atoms with E-state index in [0.717, 1.165) is 35.0 Å². The summed E-state index contributed by atoms with van der Waals surface area (Å²) in [5.74, 6) is 0.0251. The van der Waals surface area contributed by atoms with Crippen LogP contribution in [0.5, 0.6) is 0 Å². The molecule has 2 aromatic carbocycles. The van der Waals surface area contributed by atoms with Crippen molar-refractivity contribution in [3.05, 3.63) is 77.0 Å². The van der Waals surface area contributed by atoms with Crippen LogP contribution in [0.2, 0.25) is 0 Å². The first-order chi connectivity index (χ1) is 14.0. The van der Waals surface area contributed by atoms with Gasteiger partial charge in [0, 0.05) is 29.9 Å². The largest absolute Gasteiger partial charge is 0.481 e. The molecule has 8 nitrogen and oxygen atoms in total. The number of anilines is 3. The highest BCUT2D eigenvalue weighted by molar-refractivity contribution is 6.15. The molecule has 1 aliphatic heterocycles. The van der Waals surface area contributed by atoms with Gasteiger partial charge in [-0.05, 0) is 35.9 Å². The maximum Gasteiger partial charge on any atom is 0.300 e. The van der Waals surface area contributed by atoms with Gasteiger partial charge in [0.25, 0.3) is 5.97 Å². The van der Waals surface area contributed by atoms with Gasteiger partial charge in [-0.1, -0.05) is 18.2 Å². The maximum atomic E-state index is 9.11. The highest BCUT2D eigenvalue weighted by Crippen LogP contribution is 2.27. The van der Waals surface area contributed by atoms with Crippen LogP contribution in [0.4, 0.5) is 17.5 Å². The van der Waals surface area contributed by atoms with Gasteiger partial charge in [0.15, 0.2) is 0 Å². The lowest BCUT2D eigenvalue weighted by Crippen LogP contribution is -2.03. The minimum absolute atomic E-state index is 0.224. The number of rotatable bonds is 3. The van der Waals surface area contributed by atoms with Crippen LogP contribution in [-0.4, -0.2) is 26.8 Å². The first kappa shape index (κ1) is 19.5. The zero-order valence-electron chi connectivity index (χ0n) is 15.6. The number of aliphatic carboxylic acids is 1. The predicted molar refractivity (Wildman–Crippen MR) is 110 cm³/mol. The van der Waals surface area contributed by atoms with Crippen molar-refractivity contribution in [2.24, 2.45) is 4.99 Å². The number of carboxylic acids is 1. The van der Waals surface area contributed by atoms with Gasteiger partial charge in [0.05, 0.1) is 23.9 Å². The Labute approximate surface area is 167 Å². The third-order valence-corrected chi connectivity index (χ3v) is 3.98. The van der Waals surface area contributed by atoms with Gasteiger partial charge in [-0.25, -0.2) is 4.98 Å². The Bertz CT molecular complexity index is 1130. The monoisotopic (exact) mass is 386 g/mol. The van der Waals surface area contributed by atoms with Gasteiger partial charge in [-0.3, -0.25) is 9.79 Å². The average Bonchev–Trinajstić information content (AvgIpc) is 3.11. The number of hydrogen-bond acceptors (Lipinski definition) is 7. The summed E-state index contributed by atoms with van der Waals surface area (Å²) in [6.45, 7) is 1.72. The van der Waals surface area contributed by atoms with E-state index in [1.54, 1.807) is 18.3 Å². The number of aromatic nitrogens is 2. The zero-order valence-corrected chi connectivity index (χ0v) is 15.6. The van der Waals surface area contributed by atoms with E-state index in [0.29, 0.717) is 17.9 Å². The zero-order chi connectivity index (χ0) is 20.8. The van der Waals surface area contributed by atoms with E-state index in [2.05, 4.69) is 26.3 Å². The molecule has 4 rings (SSSR count). The summed E-state index contributed by atoms with van der Waals surface area (Å²) in [5.41, 5.74) is 11.2. The first-order valence-electron chi connectivity index (χ1n) is 8.69. The van der Waals surface area contributed by atoms with Gasteiger partial charge >= 0.3 is 0 Å². The fraction of sp³-hybridized carbons (Fsp3) is 0.0952. The lowest BCUT2D eigenvalue weighted by atomic mass is 9.98. The van der Waals surface area contributed by atoms with Crippen molar-refractivity contribution in [2.45, 2.75) is 13.5 Å².